The minimum atomic E-state index is -3.63. The van der Waals surface area contributed by atoms with E-state index in [1.807, 2.05) is 4.90 Å². The molecule has 0 spiro atoms. The average Bonchev–Trinajstić information content (AvgIpc) is 3.26. The summed E-state index contributed by atoms with van der Waals surface area (Å²) in [7, 11) is -3.63. The summed E-state index contributed by atoms with van der Waals surface area (Å²) < 4.78 is 27.5. The van der Waals surface area contributed by atoms with E-state index in [1.165, 1.54) is 36.4 Å². The second-order valence-corrected chi connectivity index (χ2v) is 10.6. The molecular formula is C22H33N3O3S. The van der Waals surface area contributed by atoms with Crippen LogP contribution in [0.1, 0.15) is 44.9 Å². The number of amides is 1. The van der Waals surface area contributed by atoms with Crippen LogP contribution in [0.5, 0.6) is 0 Å². The minimum absolute atomic E-state index is 0.0145. The molecule has 1 atom stereocenters. The van der Waals surface area contributed by atoms with Crippen LogP contribution in [0.15, 0.2) is 35.2 Å². The largest absolute Gasteiger partial charge is 0.339 e. The molecule has 2 heterocycles. The second kappa shape index (κ2) is 9.14. The quantitative estimate of drug-likeness (QED) is 0.736. The maximum Gasteiger partial charge on any atom is 0.243 e. The normalized spacial score (nSPS) is 25.4. The van der Waals surface area contributed by atoms with Crippen molar-refractivity contribution in [2.45, 2.75) is 55.9 Å². The number of hydrogen-bond donors (Lipinski definition) is 0. The number of benzene rings is 1. The molecule has 6 nitrogen and oxygen atoms in total. The van der Waals surface area contributed by atoms with E-state index in [4.69, 9.17) is 0 Å². The highest BCUT2D eigenvalue weighted by molar-refractivity contribution is 7.89. The molecule has 3 aliphatic rings. The Morgan fingerprint density at radius 3 is 2.24 bits per heavy atom. The Morgan fingerprint density at radius 2 is 1.55 bits per heavy atom. The van der Waals surface area contributed by atoms with Gasteiger partial charge in [-0.25, -0.2) is 8.42 Å². The summed E-state index contributed by atoms with van der Waals surface area (Å²) in [5.41, 5.74) is 0. The molecular weight excluding hydrogens is 386 g/mol. The third-order valence-electron chi connectivity index (χ3n) is 6.76. The molecule has 0 N–H and O–H groups in total. The fourth-order valence-electron chi connectivity index (χ4n) is 5.10. The van der Waals surface area contributed by atoms with Gasteiger partial charge in [0.25, 0.3) is 0 Å². The summed E-state index contributed by atoms with van der Waals surface area (Å²) >= 11 is 0. The molecule has 7 heteroatoms. The van der Waals surface area contributed by atoms with Gasteiger partial charge in [0, 0.05) is 39.3 Å². The molecule has 29 heavy (non-hydrogen) atoms. The van der Waals surface area contributed by atoms with Crippen molar-refractivity contribution in [3.05, 3.63) is 30.3 Å². The van der Waals surface area contributed by atoms with Gasteiger partial charge in [0.2, 0.25) is 15.9 Å². The molecule has 1 aromatic rings. The van der Waals surface area contributed by atoms with Gasteiger partial charge < -0.3 is 4.90 Å². The zero-order valence-corrected chi connectivity index (χ0v) is 18.0. The van der Waals surface area contributed by atoms with Crippen molar-refractivity contribution in [2.75, 3.05) is 39.3 Å². The van der Waals surface area contributed by atoms with Crippen LogP contribution < -0.4 is 0 Å². The number of carbonyl (C=O) groups excluding carboxylic acids is 1. The summed E-state index contributed by atoms with van der Waals surface area (Å²) in [4.78, 5) is 17.8. The van der Waals surface area contributed by atoms with Gasteiger partial charge in [-0.1, -0.05) is 37.5 Å². The van der Waals surface area contributed by atoms with Crippen molar-refractivity contribution >= 4 is 15.9 Å². The third-order valence-corrected chi connectivity index (χ3v) is 8.69. The van der Waals surface area contributed by atoms with Crippen molar-refractivity contribution in [1.82, 2.24) is 14.1 Å². The monoisotopic (exact) mass is 419 g/mol. The fourth-order valence-corrected chi connectivity index (χ4v) is 6.77. The van der Waals surface area contributed by atoms with E-state index in [1.54, 1.807) is 30.3 Å². The third kappa shape index (κ3) is 4.67. The molecule has 0 bridgehead atoms. The standard InChI is InChI=1S/C22H33N3O3S/c26-22(24-16-14-23(15-17-24)18-19-8-3-1-4-9-19)21-12-7-13-25(21)29(27,28)20-10-5-2-6-11-20/h2,5-6,10-11,19,21H,1,3-4,7-9,12-18H2. The Bertz CT molecular complexity index is 785. The number of rotatable bonds is 5. The van der Waals surface area contributed by atoms with Gasteiger partial charge in [-0.3, -0.25) is 9.69 Å². The number of hydrogen-bond acceptors (Lipinski definition) is 4. The molecule has 2 saturated heterocycles. The number of sulfonamides is 1. The first-order valence-electron chi connectivity index (χ1n) is 11.1. The zero-order chi connectivity index (χ0) is 20.3. The Hall–Kier alpha value is -1.44. The molecule has 1 saturated carbocycles. The molecule has 1 aromatic carbocycles. The van der Waals surface area contributed by atoms with Crippen molar-refractivity contribution in [3.8, 4) is 0 Å². The summed E-state index contributed by atoms with van der Waals surface area (Å²) in [5.74, 6) is 0.798. The molecule has 1 aliphatic carbocycles. The van der Waals surface area contributed by atoms with Gasteiger partial charge in [-0.2, -0.15) is 4.31 Å². The minimum Gasteiger partial charge on any atom is -0.339 e. The molecule has 3 fully saturated rings. The number of piperazine rings is 1. The van der Waals surface area contributed by atoms with E-state index < -0.39 is 16.1 Å². The van der Waals surface area contributed by atoms with Crippen molar-refractivity contribution in [2.24, 2.45) is 5.92 Å². The highest BCUT2D eigenvalue weighted by atomic mass is 32.2. The van der Waals surface area contributed by atoms with Crippen LogP contribution in [0.3, 0.4) is 0 Å². The maximum absolute atomic E-state index is 13.2. The first-order chi connectivity index (χ1) is 14.1. The zero-order valence-electron chi connectivity index (χ0n) is 17.2. The SMILES string of the molecule is O=C(C1CCCN1S(=O)(=O)c1ccccc1)N1CCN(CC2CCCCC2)CC1. The highest BCUT2D eigenvalue weighted by Crippen LogP contribution is 2.28. The van der Waals surface area contributed by atoms with Gasteiger partial charge >= 0.3 is 0 Å². The highest BCUT2D eigenvalue weighted by Gasteiger charge is 2.41. The molecule has 4 rings (SSSR count). The fraction of sp³-hybridized carbons (Fsp3) is 0.682. The predicted octanol–water partition coefficient (Wildman–Crippen LogP) is 2.56. The van der Waals surface area contributed by atoms with Crippen LogP contribution in [0.25, 0.3) is 0 Å². The molecule has 2 aliphatic heterocycles. The van der Waals surface area contributed by atoms with Crippen molar-refractivity contribution < 1.29 is 13.2 Å². The lowest BCUT2D eigenvalue weighted by atomic mass is 9.89. The van der Waals surface area contributed by atoms with Gasteiger partial charge in [-0.05, 0) is 43.7 Å². The van der Waals surface area contributed by atoms with Crippen LogP contribution in [-0.2, 0) is 14.8 Å². The smallest absolute Gasteiger partial charge is 0.243 e. The van der Waals surface area contributed by atoms with E-state index in [-0.39, 0.29) is 10.8 Å². The van der Waals surface area contributed by atoms with Crippen molar-refractivity contribution in [3.63, 3.8) is 0 Å². The molecule has 1 unspecified atom stereocenters. The van der Waals surface area contributed by atoms with Crippen LogP contribution in [0, 0.1) is 5.92 Å². The van der Waals surface area contributed by atoms with E-state index in [9.17, 15) is 13.2 Å². The molecule has 1 amide bonds. The topological polar surface area (TPSA) is 60.9 Å². The van der Waals surface area contributed by atoms with E-state index >= 15 is 0 Å². The van der Waals surface area contributed by atoms with Gasteiger partial charge in [0.05, 0.1) is 4.90 Å². The van der Waals surface area contributed by atoms with Crippen LogP contribution in [0.4, 0.5) is 0 Å². The number of carbonyl (C=O) groups is 1. The Morgan fingerprint density at radius 1 is 0.862 bits per heavy atom. The average molecular weight is 420 g/mol. The Labute approximate surface area is 174 Å². The molecule has 160 valence electrons. The van der Waals surface area contributed by atoms with Gasteiger partial charge in [0.1, 0.15) is 6.04 Å². The van der Waals surface area contributed by atoms with E-state index in [0.717, 1.165) is 32.0 Å². The lowest BCUT2D eigenvalue weighted by molar-refractivity contribution is -0.136. The van der Waals surface area contributed by atoms with E-state index in [0.29, 0.717) is 26.1 Å². The van der Waals surface area contributed by atoms with Gasteiger partial charge in [-0.15, -0.1) is 0 Å². The lowest BCUT2D eigenvalue weighted by Crippen LogP contribution is -2.54. The first kappa shape index (κ1) is 20.8. The summed E-state index contributed by atoms with van der Waals surface area (Å²) in [6.07, 6.45) is 8.13. The van der Waals surface area contributed by atoms with E-state index in [2.05, 4.69) is 4.90 Å². The Balaban J connectivity index is 1.35. The molecule has 0 radical (unpaired) electrons. The molecule has 0 aromatic heterocycles. The summed E-state index contributed by atoms with van der Waals surface area (Å²) in [6, 6.07) is 7.93. The van der Waals surface area contributed by atoms with Crippen LogP contribution in [0.2, 0.25) is 0 Å². The lowest BCUT2D eigenvalue weighted by Gasteiger charge is -2.38. The first-order valence-corrected chi connectivity index (χ1v) is 12.6. The van der Waals surface area contributed by atoms with Crippen LogP contribution in [-0.4, -0.2) is 73.7 Å². The van der Waals surface area contributed by atoms with Crippen molar-refractivity contribution in [1.29, 1.82) is 0 Å². The predicted molar refractivity (Wildman–Crippen MR) is 113 cm³/mol. The maximum atomic E-state index is 13.2. The summed E-state index contributed by atoms with van der Waals surface area (Å²) in [6.45, 7) is 4.80. The van der Waals surface area contributed by atoms with Crippen LogP contribution >= 0.6 is 0 Å². The second-order valence-electron chi connectivity index (χ2n) is 8.72. The van der Waals surface area contributed by atoms with Gasteiger partial charge in [0.15, 0.2) is 0 Å². The Kier molecular flexibility index (Phi) is 6.56. The summed E-state index contributed by atoms with van der Waals surface area (Å²) in [5, 5.41) is 0. The number of nitrogens with zero attached hydrogens (tertiary/aromatic N) is 3.